The standard InChI is InChI=1S/C14H25N3O2/c1-4-6-12(5-2)14(17(18)19)11-16(3)13-7-9-15-10-8-13/h6,11,13,15H,4-5,7-10H2,1-3H3/b12-6+,14-11+. The van der Waals surface area contributed by atoms with Crippen LogP contribution in [0.4, 0.5) is 0 Å². The molecule has 1 aliphatic rings. The smallest absolute Gasteiger partial charge is 0.287 e. The Kier molecular flexibility index (Phi) is 6.56. The van der Waals surface area contributed by atoms with Crippen LogP contribution in [-0.4, -0.2) is 36.0 Å². The van der Waals surface area contributed by atoms with E-state index in [1.165, 1.54) is 0 Å². The molecule has 0 saturated carbocycles. The van der Waals surface area contributed by atoms with Gasteiger partial charge in [-0.05, 0) is 38.8 Å². The maximum absolute atomic E-state index is 11.3. The molecule has 1 heterocycles. The first-order valence-corrected chi connectivity index (χ1v) is 7.08. The van der Waals surface area contributed by atoms with Crippen molar-refractivity contribution in [2.24, 2.45) is 0 Å². The van der Waals surface area contributed by atoms with E-state index in [0.29, 0.717) is 12.5 Å². The van der Waals surface area contributed by atoms with Gasteiger partial charge in [-0.3, -0.25) is 10.1 Å². The lowest BCUT2D eigenvalue weighted by molar-refractivity contribution is -0.422. The average molecular weight is 267 g/mol. The van der Waals surface area contributed by atoms with E-state index < -0.39 is 0 Å². The Hall–Kier alpha value is -1.36. The van der Waals surface area contributed by atoms with Gasteiger partial charge in [-0.15, -0.1) is 0 Å². The van der Waals surface area contributed by atoms with E-state index in [1.807, 2.05) is 31.9 Å². The lowest BCUT2D eigenvalue weighted by Crippen LogP contribution is -2.39. The van der Waals surface area contributed by atoms with Gasteiger partial charge in [-0.1, -0.05) is 19.9 Å². The van der Waals surface area contributed by atoms with Gasteiger partial charge < -0.3 is 10.2 Å². The summed E-state index contributed by atoms with van der Waals surface area (Å²) in [5.74, 6) is 0. The third kappa shape index (κ3) is 4.67. The van der Waals surface area contributed by atoms with E-state index in [2.05, 4.69) is 5.32 Å². The van der Waals surface area contributed by atoms with Crippen molar-refractivity contribution >= 4 is 0 Å². The predicted molar refractivity (Wildman–Crippen MR) is 77.4 cm³/mol. The first-order valence-electron chi connectivity index (χ1n) is 7.08. The molecule has 0 unspecified atom stereocenters. The number of hydrogen-bond donors (Lipinski definition) is 1. The van der Waals surface area contributed by atoms with Crippen LogP contribution >= 0.6 is 0 Å². The zero-order valence-corrected chi connectivity index (χ0v) is 12.2. The van der Waals surface area contributed by atoms with Crippen LogP contribution < -0.4 is 5.32 Å². The number of allylic oxidation sites excluding steroid dienone is 2. The van der Waals surface area contributed by atoms with Crippen molar-refractivity contribution in [1.29, 1.82) is 0 Å². The zero-order chi connectivity index (χ0) is 14.3. The fourth-order valence-electron chi connectivity index (χ4n) is 2.44. The van der Waals surface area contributed by atoms with Crippen molar-refractivity contribution < 1.29 is 4.92 Å². The first kappa shape index (κ1) is 15.7. The fraction of sp³-hybridized carbons (Fsp3) is 0.714. The molecule has 0 aromatic rings. The van der Waals surface area contributed by atoms with Crippen LogP contribution in [0.2, 0.25) is 0 Å². The minimum Gasteiger partial charge on any atom is -0.372 e. The van der Waals surface area contributed by atoms with Crippen molar-refractivity contribution in [3.8, 4) is 0 Å². The largest absolute Gasteiger partial charge is 0.372 e. The monoisotopic (exact) mass is 267 g/mol. The lowest BCUT2D eigenvalue weighted by Gasteiger charge is -2.30. The van der Waals surface area contributed by atoms with Gasteiger partial charge in [0.05, 0.1) is 11.1 Å². The highest BCUT2D eigenvalue weighted by atomic mass is 16.6. The van der Waals surface area contributed by atoms with Gasteiger partial charge in [-0.2, -0.15) is 0 Å². The van der Waals surface area contributed by atoms with E-state index in [1.54, 1.807) is 6.20 Å². The van der Waals surface area contributed by atoms with Crippen LogP contribution in [0.3, 0.4) is 0 Å². The third-order valence-corrected chi connectivity index (χ3v) is 3.57. The predicted octanol–water partition coefficient (Wildman–Crippen LogP) is 2.53. The Morgan fingerprint density at radius 2 is 2.05 bits per heavy atom. The average Bonchev–Trinajstić information content (AvgIpc) is 2.43. The summed E-state index contributed by atoms with van der Waals surface area (Å²) in [5.41, 5.74) is 1.07. The summed E-state index contributed by atoms with van der Waals surface area (Å²) in [7, 11) is 1.94. The van der Waals surface area contributed by atoms with E-state index in [4.69, 9.17) is 0 Å². The highest BCUT2D eigenvalue weighted by Crippen LogP contribution is 2.18. The Morgan fingerprint density at radius 3 is 2.53 bits per heavy atom. The molecule has 1 aliphatic heterocycles. The summed E-state index contributed by atoms with van der Waals surface area (Å²) in [6.45, 7) is 5.94. The molecule has 0 radical (unpaired) electrons. The summed E-state index contributed by atoms with van der Waals surface area (Å²) in [4.78, 5) is 13.0. The summed E-state index contributed by atoms with van der Waals surface area (Å²) < 4.78 is 0. The van der Waals surface area contributed by atoms with Crippen LogP contribution in [0.1, 0.15) is 39.5 Å². The van der Waals surface area contributed by atoms with Crippen molar-refractivity contribution in [3.05, 3.63) is 33.7 Å². The molecule has 0 aromatic heterocycles. The van der Waals surface area contributed by atoms with Crippen LogP contribution in [-0.2, 0) is 0 Å². The minimum atomic E-state index is -0.261. The van der Waals surface area contributed by atoms with Crippen molar-refractivity contribution in [3.63, 3.8) is 0 Å². The molecule has 108 valence electrons. The van der Waals surface area contributed by atoms with Gasteiger partial charge in [0.25, 0.3) is 5.70 Å². The van der Waals surface area contributed by atoms with Crippen molar-refractivity contribution in [2.75, 3.05) is 20.1 Å². The first-order chi connectivity index (χ1) is 9.10. The maximum atomic E-state index is 11.3. The summed E-state index contributed by atoms with van der Waals surface area (Å²) in [6.07, 6.45) is 7.26. The second kappa shape index (κ2) is 7.94. The second-order valence-electron chi connectivity index (χ2n) is 4.91. The lowest BCUT2D eigenvalue weighted by atomic mass is 10.0. The van der Waals surface area contributed by atoms with E-state index in [-0.39, 0.29) is 10.6 Å². The number of rotatable bonds is 6. The third-order valence-electron chi connectivity index (χ3n) is 3.57. The summed E-state index contributed by atoms with van der Waals surface area (Å²) in [5, 5.41) is 14.6. The van der Waals surface area contributed by atoms with Gasteiger partial charge in [0.15, 0.2) is 0 Å². The highest BCUT2D eigenvalue weighted by Gasteiger charge is 2.21. The van der Waals surface area contributed by atoms with Crippen LogP contribution in [0.25, 0.3) is 0 Å². The molecule has 1 fully saturated rings. The number of piperidine rings is 1. The molecular formula is C14H25N3O2. The Balaban J connectivity index is 2.87. The van der Waals surface area contributed by atoms with Crippen LogP contribution in [0.15, 0.2) is 23.5 Å². The second-order valence-corrected chi connectivity index (χ2v) is 4.91. The van der Waals surface area contributed by atoms with Crippen molar-refractivity contribution in [2.45, 2.75) is 45.6 Å². The van der Waals surface area contributed by atoms with E-state index in [9.17, 15) is 10.1 Å². The fourth-order valence-corrected chi connectivity index (χ4v) is 2.44. The quantitative estimate of drug-likeness (QED) is 0.456. The minimum absolute atomic E-state index is 0.241. The van der Waals surface area contributed by atoms with Gasteiger partial charge in [-0.25, -0.2) is 0 Å². The Labute approximate surface area is 115 Å². The van der Waals surface area contributed by atoms with Crippen LogP contribution in [0.5, 0.6) is 0 Å². The van der Waals surface area contributed by atoms with Gasteiger partial charge >= 0.3 is 0 Å². The normalized spacial score (nSPS) is 18.5. The molecule has 1 N–H and O–H groups in total. The van der Waals surface area contributed by atoms with Gasteiger partial charge in [0.1, 0.15) is 0 Å². The number of hydrogen-bond acceptors (Lipinski definition) is 4. The van der Waals surface area contributed by atoms with E-state index in [0.717, 1.165) is 37.9 Å². The van der Waals surface area contributed by atoms with Gasteiger partial charge in [0.2, 0.25) is 0 Å². The molecule has 0 bridgehead atoms. The highest BCUT2D eigenvalue weighted by molar-refractivity contribution is 5.24. The summed E-state index contributed by atoms with van der Waals surface area (Å²) >= 11 is 0. The number of nitro groups is 1. The molecule has 5 heteroatoms. The van der Waals surface area contributed by atoms with Crippen LogP contribution in [0, 0.1) is 10.1 Å². The van der Waals surface area contributed by atoms with Crippen molar-refractivity contribution in [1.82, 2.24) is 10.2 Å². The number of nitrogens with zero attached hydrogens (tertiary/aromatic N) is 2. The molecule has 5 nitrogen and oxygen atoms in total. The Morgan fingerprint density at radius 1 is 1.42 bits per heavy atom. The Bertz CT molecular complexity index is 358. The molecule has 19 heavy (non-hydrogen) atoms. The molecular weight excluding hydrogens is 242 g/mol. The molecule has 0 aliphatic carbocycles. The molecule has 0 atom stereocenters. The maximum Gasteiger partial charge on any atom is 0.287 e. The van der Waals surface area contributed by atoms with Gasteiger partial charge in [0, 0.05) is 18.7 Å². The molecule has 1 saturated heterocycles. The molecule has 0 amide bonds. The molecule has 0 spiro atoms. The zero-order valence-electron chi connectivity index (χ0n) is 12.2. The topological polar surface area (TPSA) is 58.4 Å². The number of nitrogens with one attached hydrogen (secondary N) is 1. The SMILES string of the molecule is CC/C=C(CC)/C(=C\N(C)C1CCNCC1)[N+](=O)[O-]. The molecule has 0 aromatic carbocycles. The summed E-state index contributed by atoms with van der Waals surface area (Å²) in [6, 6.07) is 0.399. The molecule has 1 rings (SSSR count). The van der Waals surface area contributed by atoms with E-state index >= 15 is 0 Å².